The third kappa shape index (κ3) is 5.80. The van der Waals surface area contributed by atoms with Crippen molar-refractivity contribution in [3.63, 3.8) is 0 Å². The summed E-state index contributed by atoms with van der Waals surface area (Å²) in [6.07, 6.45) is 0. The molecule has 0 fully saturated rings. The molecule has 11 rings (SSSR count). The number of thiophene rings is 1. The second-order valence-electron chi connectivity index (χ2n) is 14.5. The van der Waals surface area contributed by atoms with Gasteiger partial charge in [0, 0.05) is 37.6 Å². The number of furan rings is 1. The van der Waals surface area contributed by atoms with Gasteiger partial charge in [-0.25, -0.2) is 0 Å². The second kappa shape index (κ2) is 13.8. The molecule has 0 radical (unpaired) electrons. The minimum Gasteiger partial charge on any atom is -0.456 e. The van der Waals surface area contributed by atoms with Crippen LogP contribution >= 0.6 is 11.3 Å². The van der Waals surface area contributed by atoms with Gasteiger partial charge in [-0.2, -0.15) is 0 Å². The minimum absolute atomic E-state index is 0.893. The molecule has 2 aromatic heterocycles. The largest absolute Gasteiger partial charge is 0.456 e. The Kier molecular flexibility index (Phi) is 8.04. The van der Waals surface area contributed by atoms with Gasteiger partial charge in [0.2, 0.25) is 0 Å². The lowest BCUT2D eigenvalue weighted by molar-refractivity contribution is 0.669. The molecular weight excluding hydrogens is 711 g/mol. The normalized spacial score (nSPS) is 11.5. The average molecular weight is 746 g/mol. The lowest BCUT2D eigenvalue weighted by Gasteiger charge is -2.27. The van der Waals surface area contributed by atoms with Crippen molar-refractivity contribution >= 4 is 70.5 Å². The van der Waals surface area contributed by atoms with Crippen LogP contribution < -0.4 is 4.90 Å². The van der Waals surface area contributed by atoms with Crippen LogP contribution in [0, 0.1) is 0 Å². The quantitative estimate of drug-likeness (QED) is 0.162. The van der Waals surface area contributed by atoms with Gasteiger partial charge in [0.1, 0.15) is 11.2 Å². The molecule has 2 heterocycles. The molecule has 0 unspecified atom stereocenters. The van der Waals surface area contributed by atoms with Gasteiger partial charge in [-0.05, 0) is 99.1 Å². The van der Waals surface area contributed by atoms with Crippen molar-refractivity contribution in [1.29, 1.82) is 0 Å². The van der Waals surface area contributed by atoms with Gasteiger partial charge < -0.3 is 9.32 Å². The number of benzene rings is 9. The van der Waals surface area contributed by atoms with Gasteiger partial charge in [0.25, 0.3) is 0 Å². The van der Waals surface area contributed by atoms with E-state index in [2.05, 4.69) is 205 Å². The molecule has 268 valence electrons. The number of para-hydroxylation sites is 1. The lowest BCUT2D eigenvalue weighted by Crippen LogP contribution is -2.10. The molecule has 0 aliphatic rings. The van der Waals surface area contributed by atoms with Crippen molar-refractivity contribution in [1.82, 2.24) is 0 Å². The Labute approximate surface area is 335 Å². The fourth-order valence-corrected chi connectivity index (χ4v) is 9.61. The topological polar surface area (TPSA) is 16.4 Å². The van der Waals surface area contributed by atoms with E-state index in [9.17, 15) is 0 Å². The zero-order valence-corrected chi connectivity index (χ0v) is 31.8. The molecule has 0 spiro atoms. The highest BCUT2D eigenvalue weighted by Gasteiger charge is 2.21. The standard InChI is InChI=1S/C54H35NOS/c1-3-14-36(15-4-1)42-18-7-8-19-43(42)38-26-29-40(30-27-38)55(50-23-13-22-47-46-21-10-12-25-53(46)57-54(47)50)41-31-32-44(37-16-5-2-6-17-37)48(35-41)39-28-33-52-49(34-39)45-20-9-11-24-51(45)56-52/h1-35H. The van der Waals surface area contributed by atoms with Crippen LogP contribution in [0.1, 0.15) is 0 Å². The SMILES string of the molecule is c1ccc(-c2ccccc2-c2ccc(N(c3ccc(-c4ccccc4)c(-c4ccc5oc6ccccc6c5c4)c3)c3cccc4c3sc3ccccc34)cc2)cc1. The maximum Gasteiger partial charge on any atom is 0.135 e. The smallest absolute Gasteiger partial charge is 0.135 e. The van der Waals surface area contributed by atoms with Crippen LogP contribution in [0.3, 0.4) is 0 Å². The van der Waals surface area contributed by atoms with Gasteiger partial charge in [0.15, 0.2) is 0 Å². The molecule has 0 bridgehead atoms. The second-order valence-corrected chi connectivity index (χ2v) is 15.5. The molecule has 0 saturated carbocycles. The van der Waals surface area contributed by atoms with E-state index in [0.29, 0.717) is 0 Å². The molecule has 2 nitrogen and oxygen atoms in total. The molecule has 0 amide bonds. The van der Waals surface area contributed by atoms with E-state index in [1.807, 2.05) is 23.5 Å². The van der Waals surface area contributed by atoms with Gasteiger partial charge in [-0.1, -0.05) is 158 Å². The minimum atomic E-state index is 0.893. The fourth-order valence-electron chi connectivity index (χ4n) is 8.40. The Bertz CT molecular complexity index is 3230. The van der Waals surface area contributed by atoms with Crippen LogP contribution in [0.4, 0.5) is 17.1 Å². The first kappa shape index (κ1) is 33.2. The van der Waals surface area contributed by atoms with E-state index in [1.165, 1.54) is 53.6 Å². The van der Waals surface area contributed by atoms with Crippen molar-refractivity contribution < 1.29 is 4.42 Å². The highest BCUT2D eigenvalue weighted by atomic mass is 32.1. The van der Waals surface area contributed by atoms with Crippen molar-refractivity contribution in [2.75, 3.05) is 4.90 Å². The van der Waals surface area contributed by atoms with Crippen molar-refractivity contribution in [2.45, 2.75) is 0 Å². The summed E-state index contributed by atoms with van der Waals surface area (Å²) in [4.78, 5) is 2.44. The van der Waals surface area contributed by atoms with E-state index in [1.54, 1.807) is 0 Å². The molecule has 0 N–H and O–H groups in total. The monoisotopic (exact) mass is 745 g/mol. The van der Waals surface area contributed by atoms with Crippen LogP contribution in [0.25, 0.3) is 86.6 Å². The summed E-state index contributed by atoms with van der Waals surface area (Å²) in [5, 5.41) is 4.79. The Morgan fingerprint density at radius 2 is 0.895 bits per heavy atom. The summed E-state index contributed by atoms with van der Waals surface area (Å²) in [7, 11) is 0. The first-order valence-corrected chi connectivity index (χ1v) is 20.1. The number of fused-ring (bicyclic) bond motifs is 6. The lowest BCUT2D eigenvalue weighted by atomic mass is 9.92. The Morgan fingerprint density at radius 3 is 1.65 bits per heavy atom. The van der Waals surface area contributed by atoms with E-state index < -0.39 is 0 Å². The Hall–Kier alpha value is -7.20. The summed E-state index contributed by atoms with van der Waals surface area (Å²) in [6.45, 7) is 0. The first-order chi connectivity index (χ1) is 28.3. The van der Waals surface area contributed by atoms with E-state index >= 15 is 0 Å². The molecule has 3 heteroatoms. The number of rotatable bonds is 7. The predicted octanol–water partition coefficient (Wildman–Crippen LogP) is 16.1. The van der Waals surface area contributed by atoms with Crippen molar-refractivity contribution in [2.24, 2.45) is 0 Å². The number of hydrogen-bond acceptors (Lipinski definition) is 3. The van der Waals surface area contributed by atoms with Crippen molar-refractivity contribution in [3.05, 3.63) is 212 Å². The molecule has 9 aromatic carbocycles. The molecule has 57 heavy (non-hydrogen) atoms. The highest BCUT2D eigenvalue weighted by molar-refractivity contribution is 7.26. The van der Waals surface area contributed by atoms with E-state index in [0.717, 1.165) is 50.1 Å². The van der Waals surface area contributed by atoms with Crippen LogP contribution in [-0.4, -0.2) is 0 Å². The highest BCUT2D eigenvalue weighted by Crippen LogP contribution is 2.47. The number of nitrogens with zero attached hydrogens (tertiary/aromatic N) is 1. The van der Waals surface area contributed by atoms with Gasteiger partial charge in [-0.15, -0.1) is 11.3 Å². The zero-order chi connectivity index (χ0) is 37.7. The van der Waals surface area contributed by atoms with Crippen LogP contribution in [0.15, 0.2) is 217 Å². The number of anilines is 3. The van der Waals surface area contributed by atoms with Gasteiger partial charge in [-0.3, -0.25) is 0 Å². The Balaban J connectivity index is 1.12. The van der Waals surface area contributed by atoms with Gasteiger partial charge in [0.05, 0.1) is 10.4 Å². The third-order valence-corrected chi connectivity index (χ3v) is 12.3. The number of hydrogen-bond donors (Lipinski definition) is 0. The third-order valence-electron chi connectivity index (χ3n) is 11.1. The van der Waals surface area contributed by atoms with Crippen LogP contribution in [-0.2, 0) is 0 Å². The summed E-state index contributed by atoms with van der Waals surface area (Å²) in [5.41, 5.74) is 14.6. The molecule has 0 atom stereocenters. The Morgan fingerprint density at radius 1 is 0.333 bits per heavy atom. The average Bonchev–Trinajstić information content (AvgIpc) is 3.86. The summed E-state index contributed by atoms with van der Waals surface area (Å²) < 4.78 is 8.82. The summed E-state index contributed by atoms with van der Waals surface area (Å²) >= 11 is 1.86. The van der Waals surface area contributed by atoms with E-state index in [4.69, 9.17) is 4.42 Å². The summed E-state index contributed by atoms with van der Waals surface area (Å²) in [6, 6.07) is 76.5. The molecule has 0 aliphatic carbocycles. The summed E-state index contributed by atoms with van der Waals surface area (Å²) in [5.74, 6) is 0. The molecular formula is C54H35NOS. The maximum atomic E-state index is 6.27. The van der Waals surface area contributed by atoms with E-state index in [-0.39, 0.29) is 0 Å². The van der Waals surface area contributed by atoms with Crippen LogP contribution in [0.5, 0.6) is 0 Å². The first-order valence-electron chi connectivity index (χ1n) is 19.3. The maximum absolute atomic E-state index is 6.27. The van der Waals surface area contributed by atoms with Crippen LogP contribution in [0.2, 0.25) is 0 Å². The molecule has 11 aromatic rings. The zero-order valence-electron chi connectivity index (χ0n) is 31.0. The van der Waals surface area contributed by atoms with Gasteiger partial charge >= 0.3 is 0 Å². The molecule has 0 aliphatic heterocycles. The predicted molar refractivity (Wildman–Crippen MR) is 243 cm³/mol. The fraction of sp³-hybridized carbons (Fsp3) is 0. The van der Waals surface area contributed by atoms with Crippen molar-refractivity contribution in [3.8, 4) is 44.5 Å². The molecule has 0 saturated heterocycles.